The van der Waals surface area contributed by atoms with Gasteiger partial charge in [0.2, 0.25) is 0 Å². The lowest BCUT2D eigenvalue weighted by molar-refractivity contribution is -0.0799. The third-order valence-corrected chi connectivity index (χ3v) is 3.87. The number of hydrogen-bond acceptors (Lipinski definition) is 5. The number of nitrogens with two attached hydrogens (primary N) is 1. The van der Waals surface area contributed by atoms with Gasteiger partial charge in [-0.05, 0) is 31.5 Å². The highest BCUT2D eigenvalue weighted by Gasteiger charge is 2.28. The fourth-order valence-corrected chi connectivity index (χ4v) is 2.99. The van der Waals surface area contributed by atoms with Crippen LogP contribution >= 0.6 is 0 Å². The van der Waals surface area contributed by atoms with E-state index in [1.165, 1.54) is 0 Å². The van der Waals surface area contributed by atoms with Crippen molar-refractivity contribution in [1.29, 1.82) is 0 Å². The molecule has 1 aliphatic heterocycles. The molecule has 21 heavy (non-hydrogen) atoms. The zero-order chi connectivity index (χ0) is 15.4. The van der Waals surface area contributed by atoms with E-state index in [1.807, 2.05) is 18.2 Å². The van der Waals surface area contributed by atoms with Crippen molar-refractivity contribution in [2.45, 2.75) is 32.1 Å². The van der Waals surface area contributed by atoms with E-state index in [-0.39, 0.29) is 18.2 Å². The highest BCUT2D eigenvalue weighted by molar-refractivity contribution is 5.40. The van der Waals surface area contributed by atoms with Crippen LogP contribution in [0.5, 0.6) is 11.5 Å². The molecule has 2 N–H and O–H groups in total. The van der Waals surface area contributed by atoms with Crippen LogP contribution in [0.25, 0.3) is 0 Å². The van der Waals surface area contributed by atoms with E-state index in [1.54, 1.807) is 14.2 Å². The van der Waals surface area contributed by atoms with Crippen molar-refractivity contribution in [3.8, 4) is 11.5 Å². The van der Waals surface area contributed by atoms with Gasteiger partial charge in [0.15, 0.2) is 0 Å². The molecular formula is C16H26N2O3. The molecule has 0 amide bonds. The van der Waals surface area contributed by atoms with E-state index in [2.05, 4.69) is 18.7 Å². The first-order chi connectivity index (χ1) is 10.1. The van der Waals surface area contributed by atoms with Gasteiger partial charge in [-0.25, -0.2) is 0 Å². The van der Waals surface area contributed by atoms with Gasteiger partial charge in [0.25, 0.3) is 0 Å². The topological polar surface area (TPSA) is 57.0 Å². The monoisotopic (exact) mass is 294 g/mol. The largest absolute Gasteiger partial charge is 0.497 e. The molecule has 0 spiro atoms. The fraction of sp³-hybridized carbons (Fsp3) is 0.625. The Hall–Kier alpha value is -1.30. The minimum absolute atomic E-state index is 0.141. The smallest absolute Gasteiger partial charge is 0.122 e. The highest BCUT2D eigenvalue weighted by atomic mass is 16.5. The summed E-state index contributed by atoms with van der Waals surface area (Å²) in [7, 11) is 3.32. The van der Waals surface area contributed by atoms with Gasteiger partial charge in [0.05, 0.1) is 26.4 Å². The number of morpholine rings is 1. The quantitative estimate of drug-likeness (QED) is 0.897. The Morgan fingerprint density at radius 1 is 1.14 bits per heavy atom. The number of methoxy groups -OCH3 is 2. The lowest BCUT2D eigenvalue weighted by atomic mass is 10.0. The molecular weight excluding hydrogens is 268 g/mol. The summed E-state index contributed by atoms with van der Waals surface area (Å²) in [5.74, 6) is 1.58. The molecule has 1 aromatic carbocycles. The van der Waals surface area contributed by atoms with E-state index in [4.69, 9.17) is 19.9 Å². The summed E-state index contributed by atoms with van der Waals surface area (Å²) in [5, 5.41) is 0. The van der Waals surface area contributed by atoms with Crippen molar-refractivity contribution in [2.24, 2.45) is 5.73 Å². The third-order valence-electron chi connectivity index (χ3n) is 3.87. The molecule has 0 unspecified atom stereocenters. The molecule has 1 heterocycles. The molecule has 3 atom stereocenters. The van der Waals surface area contributed by atoms with Crippen LogP contribution in [0, 0.1) is 0 Å². The van der Waals surface area contributed by atoms with E-state index in [0.29, 0.717) is 6.54 Å². The van der Waals surface area contributed by atoms with Gasteiger partial charge in [0.1, 0.15) is 11.5 Å². The van der Waals surface area contributed by atoms with Gasteiger partial charge in [-0.3, -0.25) is 4.90 Å². The zero-order valence-corrected chi connectivity index (χ0v) is 13.3. The first kappa shape index (κ1) is 16.1. The number of ether oxygens (including phenoxy) is 3. The maximum Gasteiger partial charge on any atom is 0.122 e. The van der Waals surface area contributed by atoms with Crippen LogP contribution in [0.3, 0.4) is 0 Å². The maximum absolute atomic E-state index is 6.05. The molecule has 0 aromatic heterocycles. The Bertz CT molecular complexity index is 435. The average molecular weight is 294 g/mol. The molecule has 1 saturated heterocycles. The molecule has 0 bridgehead atoms. The van der Waals surface area contributed by atoms with Gasteiger partial charge in [-0.1, -0.05) is 0 Å². The number of benzene rings is 1. The van der Waals surface area contributed by atoms with Crippen molar-refractivity contribution in [2.75, 3.05) is 33.9 Å². The molecule has 0 saturated carbocycles. The van der Waals surface area contributed by atoms with Crippen LogP contribution in [0.4, 0.5) is 0 Å². The van der Waals surface area contributed by atoms with Crippen molar-refractivity contribution < 1.29 is 14.2 Å². The second-order valence-electron chi connectivity index (χ2n) is 5.61. The number of hydrogen-bond donors (Lipinski definition) is 1. The van der Waals surface area contributed by atoms with E-state index < -0.39 is 0 Å². The normalized spacial score (nSPS) is 24.6. The molecule has 1 aliphatic rings. The second-order valence-corrected chi connectivity index (χ2v) is 5.61. The van der Waals surface area contributed by atoms with E-state index >= 15 is 0 Å². The van der Waals surface area contributed by atoms with Gasteiger partial charge < -0.3 is 19.9 Å². The van der Waals surface area contributed by atoms with Crippen LogP contribution in [-0.2, 0) is 4.74 Å². The summed E-state index contributed by atoms with van der Waals surface area (Å²) in [5.41, 5.74) is 7.17. The third kappa shape index (κ3) is 3.87. The molecule has 2 rings (SSSR count). The first-order valence-corrected chi connectivity index (χ1v) is 7.40. The summed E-state index contributed by atoms with van der Waals surface area (Å²) in [6, 6.07) is 6.08. The maximum atomic E-state index is 6.05. The first-order valence-electron chi connectivity index (χ1n) is 7.40. The molecule has 118 valence electrons. The van der Waals surface area contributed by atoms with Gasteiger partial charge in [0, 0.05) is 31.7 Å². The van der Waals surface area contributed by atoms with Crippen LogP contribution < -0.4 is 15.2 Å². The van der Waals surface area contributed by atoms with E-state index in [9.17, 15) is 0 Å². The van der Waals surface area contributed by atoms with E-state index in [0.717, 1.165) is 30.2 Å². The fourth-order valence-electron chi connectivity index (χ4n) is 2.99. The zero-order valence-electron chi connectivity index (χ0n) is 13.3. The molecule has 1 fully saturated rings. The standard InChI is InChI=1S/C16H26N2O3/c1-11-9-18(10-12(2)21-11)16(8-17)13-5-14(19-3)7-15(6-13)20-4/h5-7,11-12,16H,8-10,17H2,1-4H3/t11-,12+,16-/m1/s1. The lowest BCUT2D eigenvalue weighted by Crippen LogP contribution is -2.48. The second kappa shape index (κ2) is 7.11. The number of nitrogens with zero attached hydrogens (tertiary/aromatic N) is 1. The van der Waals surface area contributed by atoms with Crippen molar-refractivity contribution in [3.63, 3.8) is 0 Å². The summed E-state index contributed by atoms with van der Waals surface area (Å²) in [6.07, 6.45) is 0.436. The predicted octanol–water partition coefficient (Wildman–Crippen LogP) is 1.81. The Kier molecular flexibility index (Phi) is 5.45. The summed E-state index contributed by atoms with van der Waals surface area (Å²) < 4.78 is 16.5. The lowest BCUT2D eigenvalue weighted by Gasteiger charge is -2.40. The molecule has 1 aromatic rings. The SMILES string of the molecule is COc1cc(OC)cc([C@@H](CN)N2C[C@@H](C)O[C@@H](C)C2)c1. The minimum atomic E-state index is 0.141. The van der Waals surface area contributed by atoms with Crippen LogP contribution in [0.2, 0.25) is 0 Å². The Morgan fingerprint density at radius 2 is 1.67 bits per heavy atom. The van der Waals surface area contributed by atoms with Gasteiger partial charge in [-0.2, -0.15) is 0 Å². The molecule has 0 radical (unpaired) electrons. The Balaban J connectivity index is 2.27. The Labute approximate surface area is 127 Å². The Morgan fingerprint density at radius 3 is 2.10 bits per heavy atom. The summed E-state index contributed by atoms with van der Waals surface area (Å²) in [4.78, 5) is 2.38. The summed E-state index contributed by atoms with van der Waals surface area (Å²) in [6.45, 7) is 6.51. The van der Waals surface area contributed by atoms with Crippen molar-refractivity contribution in [1.82, 2.24) is 4.90 Å². The average Bonchev–Trinajstić information content (AvgIpc) is 2.46. The predicted molar refractivity (Wildman–Crippen MR) is 82.9 cm³/mol. The number of rotatable bonds is 5. The van der Waals surface area contributed by atoms with Crippen molar-refractivity contribution in [3.05, 3.63) is 23.8 Å². The van der Waals surface area contributed by atoms with Crippen LogP contribution in [0.1, 0.15) is 25.5 Å². The van der Waals surface area contributed by atoms with Crippen LogP contribution in [0.15, 0.2) is 18.2 Å². The molecule has 0 aliphatic carbocycles. The van der Waals surface area contributed by atoms with Gasteiger partial charge >= 0.3 is 0 Å². The van der Waals surface area contributed by atoms with Crippen LogP contribution in [-0.4, -0.2) is 51.0 Å². The molecule has 5 heteroatoms. The van der Waals surface area contributed by atoms with Crippen molar-refractivity contribution >= 4 is 0 Å². The summed E-state index contributed by atoms with van der Waals surface area (Å²) >= 11 is 0. The minimum Gasteiger partial charge on any atom is -0.497 e. The van der Waals surface area contributed by atoms with Gasteiger partial charge in [-0.15, -0.1) is 0 Å². The highest BCUT2D eigenvalue weighted by Crippen LogP contribution is 2.30. The molecule has 5 nitrogen and oxygen atoms in total.